The summed E-state index contributed by atoms with van der Waals surface area (Å²) in [5, 5.41) is 3.29. The van der Waals surface area contributed by atoms with Crippen molar-refractivity contribution in [3.63, 3.8) is 0 Å². The highest BCUT2D eigenvalue weighted by Crippen LogP contribution is 2.05. The first-order valence-electron chi connectivity index (χ1n) is 9.69. The molecule has 0 radical (unpaired) electrons. The van der Waals surface area contributed by atoms with Gasteiger partial charge in [-0.1, -0.05) is 37.3 Å². The van der Waals surface area contributed by atoms with Crippen LogP contribution in [0.5, 0.6) is 0 Å². The summed E-state index contributed by atoms with van der Waals surface area (Å²) in [7, 11) is 0. The summed E-state index contributed by atoms with van der Waals surface area (Å²) in [6, 6.07) is 11.1. The van der Waals surface area contributed by atoms with Gasteiger partial charge in [0.25, 0.3) is 5.91 Å². The van der Waals surface area contributed by atoms with Crippen LogP contribution < -0.4 is 15.1 Å². The minimum Gasteiger partial charge on any atom is -0.348 e. The smallest absolute Gasteiger partial charge is 0.275 e. The molecule has 0 spiro atoms. The van der Waals surface area contributed by atoms with E-state index in [0.29, 0.717) is 12.6 Å². The molecule has 0 bridgehead atoms. The molecule has 4 heteroatoms. The highest BCUT2D eigenvalue weighted by Gasteiger charge is 2.26. The third kappa shape index (κ3) is 5.32. The third-order valence-electron chi connectivity index (χ3n) is 5.63. The molecule has 3 N–H and O–H groups in total. The molecule has 1 aromatic carbocycles. The van der Waals surface area contributed by atoms with Crippen LogP contribution in [0.3, 0.4) is 0 Å². The molecule has 1 amide bonds. The first-order chi connectivity index (χ1) is 11.7. The van der Waals surface area contributed by atoms with E-state index in [9.17, 15) is 4.79 Å². The molecule has 24 heavy (non-hydrogen) atoms. The number of amides is 1. The summed E-state index contributed by atoms with van der Waals surface area (Å²) in [6.45, 7) is 8.73. The first-order valence-corrected chi connectivity index (χ1v) is 9.69. The summed E-state index contributed by atoms with van der Waals surface area (Å²) in [5.41, 5.74) is 1.41. The molecule has 2 fully saturated rings. The Kier molecular flexibility index (Phi) is 6.27. The van der Waals surface area contributed by atoms with Crippen molar-refractivity contribution in [1.82, 2.24) is 5.32 Å². The van der Waals surface area contributed by atoms with E-state index in [1.54, 1.807) is 4.90 Å². The molecule has 0 aliphatic carbocycles. The molecule has 2 saturated heterocycles. The van der Waals surface area contributed by atoms with Gasteiger partial charge in [-0.15, -0.1) is 0 Å². The monoisotopic (exact) mass is 331 g/mol. The number of quaternary nitrogens is 2. The molecule has 2 heterocycles. The lowest BCUT2D eigenvalue weighted by Crippen LogP contribution is -3.14. The van der Waals surface area contributed by atoms with E-state index in [0.717, 1.165) is 51.5 Å². The zero-order valence-corrected chi connectivity index (χ0v) is 15.0. The number of hydrogen-bond acceptors (Lipinski definition) is 1. The van der Waals surface area contributed by atoms with E-state index in [1.165, 1.54) is 23.3 Å². The van der Waals surface area contributed by atoms with Crippen molar-refractivity contribution >= 4 is 5.91 Å². The molecule has 4 nitrogen and oxygen atoms in total. The minimum absolute atomic E-state index is 0.260. The lowest BCUT2D eigenvalue weighted by Gasteiger charge is -2.31. The number of carbonyl (C=O) groups is 1. The van der Waals surface area contributed by atoms with Crippen LogP contribution in [-0.2, 0) is 11.3 Å². The minimum atomic E-state index is 0.260. The first kappa shape index (κ1) is 17.4. The Morgan fingerprint density at radius 2 is 1.83 bits per heavy atom. The molecular formula is C20H33N3O+2. The Morgan fingerprint density at radius 1 is 1.08 bits per heavy atom. The van der Waals surface area contributed by atoms with Crippen molar-refractivity contribution in [2.75, 3.05) is 32.7 Å². The molecule has 132 valence electrons. The zero-order valence-electron chi connectivity index (χ0n) is 15.0. The zero-order chi connectivity index (χ0) is 16.8. The molecule has 0 saturated carbocycles. The number of nitrogens with one attached hydrogen (secondary N) is 3. The number of likely N-dealkylation sites (tertiary alicyclic amines) is 2. The SMILES string of the molecule is C[C@@H]1CCC[NH+](CC(=O)NC2CC[NH+](Cc3ccccc3)CC2)C1. The van der Waals surface area contributed by atoms with E-state index in [-0.39, 0.29) is 5.91 Å². The normalized spacial score (nSPS) is 30.7. The Labute approximate surface area is 146 Å². The van der Waals surface area contributed by atoms with E-state index >= 15 is 0 Å². The van der Waals surface area contributed by atoms with Crippen molar-refractivity contribution in [2.45, 2.75) is 45.2 Å². The van der Waals surface area contributed by atoms with Crippen LogP contribution in [-0.4, -0.2) is 44.7 Å². The van der Waals surface area contributed by atoms with Crippen LogP contribution in [0.2, 0.25) is 0 Å². The van der Waals surface area contributed by atoms with Gasteiger partial charge in [-0.3, -0.25) is 4.79 Å². The summed E-state index contributed by atoms with van der Waals surface area (Å²) in [4.78, 5) is 15.4. The van der Waals surface area contributed by atoms with Gasteiger partial charge in [0.1, 0.15) is 6.54 Å². The Balaban J connectivity index is 1.36. The molecule has 0 aromatic heterocycles. The van der Waals surface area contributed by atoms with Gasteiger partial charge in [0, 0.05) is 30.4 Å². The van der Waals surface area contributed by atoms with Gasteiger partial charge in [-0.05, 0) is 12.8 Å². The molecule has 3 rings (SSSR count). The predicted octanol–water partition coefficient (Wildman–Crippen LogP) is -0.335. The largest absolute Gasteiger partial charge is 0.348 e. The average molecular weight is 332 g/mol. The molecule has 2 atom stereocenters. The van der Waals surface area contributed by atoms with Crippen molar-refractivity contribution in [2.24, 2.45) is 5.92 Å². The Bertz CT molecular complexity index is 511. The van der Waals surface area contributed by atoms with Crippen LogP contribution in [0.1, 0.15) is 38.2 Å². The van der Waals surface area contributed by atoms with Gasteiger partial charge >= 0.3 is 0 Å². The Morgan fingerprint density at radius 3 is 2.54 bits per heavy atom. The van der Waals surface area contributed by atoms with Crippen molar-refractivity contribution in [3.05, 3.63) is 35.9 Å². The van der Waals surface area contributed by atoms with Crippen molar-refractivity contribution in [1.29, 1.82) is 0 Å². The highest BCUT2D eigenvalue weighted by atomic mass is 16.2. The van der Waals surface area contributed by atoms with Gasteiger partial charge in [0.15, 0.2) is 6.54 Å². The standard InChI is InChI=1S/C20H31N3O/c1-17-6-5-11-23(14-17)16-20(24)21-19-9-12-22(13-10-19)15-18-7-3-2-4-8-18/h2-4,7-8,17,19H,5-6,9-16H2,1H3,(H,21,24)/p+2/t17-/m1/s1. The number of hydrogen-bond donors (Lipinski definition) is 3. The summed E-state index contributed by atoms with van der Waals surface area (Å²) < 4.78 is 0. The van der Waals surface area contributed by atoms with E-state index < -0.39 is 0 Å². The number of benzene rings is 1. The third-order valence-corrected chi connectivity index (χ3v) is 5.63. The highest BCUT2D eigenvalue weighted by molar-refractivity contribution is 5.77. The van der Waals surface area contributed by atoms with Gasteiger partial charge in [0.2, 0.25) is 0 Å². The van der Waals surface area contributed by atoms with Gasteiger partial charge in [0.05, 0.1) is 26.2 Å². The maximum absolute atomic E-state index is 12.3. The molecule has 1 unspecified atom stereocenters. The van der Waals surface area contributed by atoms with E-state index in [4.69, 9.17) is 0 Å². The summed E-state index contributed by atoms with van der Waals surface area (Å²) in [5.74, 6) is 1.03. The summed E-state index contributed by atoms with van der Waals surface area (Å²) >= 11 is 0. The topological polar surface area (TPSA) is 38.0 Å². The van der Waals surface area contributed by atoms with E-state index in [2.05, 4.69) is 42.6 Å². The van der Waals surface area contributed by atoms with Gasteiger partial charge in [-0.2, -0.15) is 0 Å². The summed E-state index contributed by atoms with van der Waals surface area (Å²) in [6.07, 6.45) is 4.82. The maximum atomic E-state index is 12.3. The lowest BCUT2D eigenvalue weighted by molar-refractivity contribution is -0.918. The van der Waals surface area contributed by atoms with Crippen molar-refractivity contribution < 1.29 is 14.6 Å². The van der Waals surface area contributed by atoms with Gasteiger partial charge < -0.3 is 15.1 Å². The van der Waals surface area contributed by atoms with E-state index in [1.807, 2.05) is 0 Å². The van der Waals surface area contributed by atoms with Crippen LogP contribution >= 0.6 is 0 Å². The number of piperidine rings is 2. The number of carbonyl (C=O) groups excluding carboxylic acids is 1. The molecule has 1 aromatic rings. The fourth-order valence-corrected chi connectivity index (χ4v) is 4.30. The average Bonchev–Trinajstić information content (AvgIpc) is 2.57. The fourth-order valence-electron chi connectivity index (χ4n) is 4.30. The van der Waals surface area contributed by atoms with Crippen LogP contribution in [0.25, 0.3) is 0 Å². The lowest BCUT2D eigenvalue weighted by atomic mass is 10.0. The number of rotatable bonds is 5. The van der Waals surface area contributed by atoms with Gasteiger partial charge in [-0.25, -0.2) is 0 Å². The quantitative estimate of drug-likeness (QED) is 0.679. The molecule has 2 aliphatic rings. The second kappa shape index (κ2) is 8.63. The van der Waals surface area contributed by atoms with Crippen LogP contribution in [0.4, 0.5) is 0 Å². The van der Waals surface area contributed by atoms with Crippen LogP contribution in [0.15, 0.2) is 30.3 Å². The van der Waals surface area contributed by atoms with Crippen LogP contribution in [0, 0.1) is 5.92 Å². The van der Waals surface area contributed by atoms with Crippen molar-refractivity contribution in [3.8, 4) is 0 Å². The predicted molar refractivity (Wildman–Crippen MR) is 96.0 cm³/mol. The molecular weight excluding hydrogens is 298 g/mol. The second-order valence-electron chi connectivity index (χ2n) is 7.88. The fraction of sp³-hybridized carbons (Fsp3) is 0.650. The molecule has 2 aliphatic heterocycles. The Hall–Kier alpha value is -1.39. The maximum Gasteiger partial charge on any atom is 0.275 e. The second-order valence-corrected chi connectivity index (χ2v) is 7.88.